The van der Waals surface area contributed by atoms with Crippen LogP contribution in [0.4, 0.5) is 0 Å². The van der Waals surface area contributed by atoms with Gasteiger partial charge in [0, 0.05) is 29.9 Å². The van der Waals surface area contributed by atoms with Gasteiger partial charge in [0.05, 0.1) is 6.04 Å². The molecule has 2 heterocycles. The lowest BCUT2D eigenvalue weighted by Gasteiger charge is -2.30. The van der Waals surface area contributed by atoms with E-state index in [4.69, 9.17) is 5.11 Å². The summed E-state index contributed by atoms with van der Waals surface area (Å²) in [7, 11) is 0. The molecule has 0 unspecified atom stereocenters. The maximum absolute atomic E-state index is 14.5. The lowest BCUT2D eigenvalue weighted by Crippen LogP contribution is -2.61. The third-order valence-corrected chi connectivity index (χ3v) is 10.9. The zero-order valence-electron chi connectivity index (χ0n) is 36.1. The first-order valence-corrected chi connectivity index (χ1v) is 21.4. The number of hydrogen-bond donors (Lipinski definition) is 9. The second-order valence-electron chi connectivity index (χ2n) is 16.9. The Labute approximate surface area is 357 Å². The average molecular weight is 845 g/mol. The van der Waals surface area contributed by atoms with E-state index in [-0.39, 0.29) is 43.4 Å². The Balaban J connectivity index is 1.61. The summed E-state index contributed by atoms with van der Waals surface area (Å²) in [5.74, 6) is -5.19. The number of aliphatic carboxylic acids is 1. The molecule has 0 spiro atoms. The van der Waals surface area contributed by atoms with Gasteiger partial charge in [-0.2, -0.15) is 0 Å². The van der Waals surface area contributed by atoms with Gasteiger partial charge in [-0.05, 0) is 67.2 Å². The second-order valence-corrected chi connectivity index (χ2v) is 16.9. The van der Waals surface area contributed by atoms with E-state index < -0.39 is 84.2 Å². The SMILES string of the molecule is CC[C@H](C)[C@H](NC(=O)[C@H](CC(C)C)NC(=O)[C@H](Cc1c[nH]c2ccccc12)NC(=O)[C@H](Cc1ccccc1)NC(=O)[C@@H]1CCCN1)C(=O)N[C@@H](CC(C)C)C(=O)NCC(=O)O. The van der Waals surface area contributed by atoms with Gasteiger partial charge in [0.15, 0.2) is 0 Å². The number of carbonyl (C=O) groups is 7. The van der Waals surface area contributed by atoms with Crippen molar-refractivity contribution in [3.63, 3.8) is 0 Å². The van der Waals surface area contributed by atoms with Crippen LogP contribution < -0.4 is 37.2 Å². The van der Waals surface area contributed by atoms with Crippen molar-refractivity contribution in [1.82, 2.24) is 42.2 Å². The topological polar surface area (TPSA) is 240 Å². The van der Waals surface area contributed by atoms with Gasteiger partial charge >= 0.3 is 5.97 Å². The number of nitrogens with one attached hydrogen (secondary N) is 8. The fourth-order valence-corrected chi connectivity index (χ4v) is 7.42. The summed E-state index contributed by atoms with van der Waals surface area (Å²) in [5, 5.41) is 29.7. The van der Waals surface area contributed by atoms with Crippen LogP contribution in [0, 0.1) is 17.8 Å². The zero-order chi connectivity index (χ0) is 44.6. The van der Waals surface area contributed by atoms with E-state index in [9.17, 15) is 33.6 Å². The van der Waals surface area contributed by atoms with Crippen LogP contribution >= 0.6 is 0 Å². The Morgan fingerprint density at radius 3 is 1.87 bits per heavy atom. The minimum atomic E-state index is -1.23. The van der Waals surface area contributed by atoms with E-state index in [0.717, 1.165) is 28.5 Å². The minimum Gasteiger partial charge on any atom is -0.480 e. The highest BCUT2D eigenvalue weighted by atomic mass is 16.4. The Kier molecular flexibility index (Phi) is 18.3. The summed E-state index contributed by atoms with van der Waals surface area (Å²) < 4.78 is 0. The first-order chi connectivity index (χ1) is 29.1. The summed E-state index contributed by atoms with van der Waals surface area (Å²) >= 11 is 0. The van der Waals surface area contributed by atoms with Gasteiger partial charge in [0.1, 0.15) is 36.8 Å². The molecule has 0 aliphatic carbocycles. The number of rotatable bonds is 23. The van der Waals surface area contributed by atoms with E-state index in [2.05, 4.69) is 42.2 Å². The van der Waals surface area contributed by atoms with Crippen molar-refractivity contribution in [1.29, 1.82) is 0 Å². The van der Waals surface area contributed by atoms with E-state index in [1.807, 2.05) is 89.2 Å². The summed E-state index contributed by atoms with van der Waals surface area (Å²) in [6.07, 6.45) is 4.35. The number of carbonyl (C=O) groups excluding carboxylic acids is 6. The van der Waals surface area contributed by atoms with Crippen LogP contribution in [0.2, 0.25) is 0 Å². The third-order valence-electron chi connectivity index (χ3n) is 10.9. The van der Waals surface area contributed by atoms with Crippen molar-refractivity contribution < 1.29 is 38.7 Å². The predicted molar refractivity (Wildman–Crippen MR) is 232 cm³/mol. The zero-order valence-corrected chi connectivity index (χ0v) is 36.1. The van der Waals surface area contributed by atoms with Crippen LogP contribution in [0.5, 0.6) is 0 Å². The van der Waals surface area contributed by atoms with Gasteiger partial charge in [0.25, 0.3) is 0 Å². The Morgan fingerprint density at radius 2 is 1.26 bits per heavy atom. The fourth-order valence-electron chi connectivity index (χ4n) is 7.42. The van der Waals surface area contributed by atoms with Crippen LogP contribution in [-0.2, 0) is 46.4 Å². The molecule has 6 amide bonds. The highest BCUT2D eigenvalue weighted by Crippen LogP contribution is 2.20. The summed E-state index contributed by atoms with van der Waals surface area (Å²) in [4.78, 5) is 97.5. The van der Waals surface area contributed by atoms with Gasteiger partial charge in [-0.1, -0.05) is 96.5 Å². The van der Waals surface area contributed by atoms with Crippen molar-refractivity contribution in [2.24, 2.45) is 17.8 Å². The normalized spacial score (nSPS) is 16.8. The molecule has 2 aromatic carbocycles. The molecule has 0 bridgehead atoms. The molecule has 0 radical (unpaired) electrons. The highest BCUT2D eigenvalue weighted by molar-refractivity contribution is 5.97. The maximum Gasteiger partial charge on any atom is 0.322 e. The largest absolute Gasteiger partial charge is 0.480 e. The molecule has 1 aliphatic rings. The number of aromatic nitrogens is 1. The molecule has 16 heteroatoms. The van der Waals surface area contributed by atoms with Crippen LogP contribution in [-0.4, -0.2) is 101 Å². The molecule has 0 saturated carbocycles. The first-order valence-electron chi connectivity index (χ1n) is 21.4. The van der Waals surface area contributed by atoms with Gasteiger partial charge in [-0.15, -0.1) is 0 Å². The third kappa shape index (κ3) is 14.7. The molecular formula is C45H64N8O8. The molecule has 1 saturated heterocycles. The molecule has 16 nitrogen and oxygen atoms in total. The van der Waals surface area contributed by atoms with Crippen molar-refractivity contribution in [3.8, 4) is 0 Å². The average Bonchev–Trinajstić information content (AvgIpc) is 3.92. The number of aromatic amines is 1. The summed E-state index contributed by atoms with van der Waals surface area (Å²) in [5.41, 5.74) is 2.39. The number of para-hydroxylation sites is 1. The number of carboxylic acids is 1. The molecule has 7 atom stereocenters. The fraction of sp³-hybridized carbons (Fsp3) is 0.533. The van der Waals surface area contributed by atoms with Gasteiger partial charge in [-0.25, -0.2) is 0 Å². The smallest absolute Gasteiger partial charge is 0.322 e. The van der Waals surface area contributed by atoms with Crippen LogP contribution in [0.3, 0.4) is 0 Å². The summed E-state index contributed by atoms with van der Waals surface area (Å²) in [6.45, 7) is 11.2. The number of hydrogen-bond acceptors (Lipinski definition) is 8. The van der Waals surface area contributed by atoms with E-state index in [1.165, 1.54) is 0 Å². The first kappa shape index (κ1) is 47.9. The Morgan fingerprint density at radius 1 is 0.689 bits per heavy atom. The predicted octanol–water partition coefficient (Wildman–Crippen LogP) is 2.47. The second kappa shape index (κ2) is 23.3. The van der Waals surface area contributed by atoms with Crippen LogP contribution in [0.1, 0.15) is 84.8 Å². The van der Waals surface area contributed by atoms with Crippen molar-refractivity contribution >= 4 is 52.3 Å². The van der Waals surface area contributed by atoms with Crippen molar-refractivity contribution in [3.05, 3.63) is 71.9 Å². The number of amides is 6. The molecule has 332 valence electrons. The van der Waals surface area contributed by atoms with Crippen molar-refractivity contribution in [2.75, 3.05) is 13.1 Å². The molecule has 61 heavy (non-hydrogen) atoms. The maximum atomic E-state index is 14.5. The Hall–Kier alpha value is -5.77. The van der Waals surface area contributed by atoms with Gasteiger partial charge in [0.2, 0.25) is 35.4 Å². The number of carboxylic acid groups (broad SMARTS) is 1. The van der Waals surface area contributed by atoms with E-state index in [1.54, 1.807) is 13.1 Å². The molecule has 9 N–H and O–H groups in total. The molecule has 1 aliphatic heterocycles. The van der Waals surface area contributed by atoms with Crippen LogP contribution in [0.15, 0.2) is 60.8 Å². The Bertz CT molecular complexity index is 1960. The molecule has 4 rings (SSSR count). The van der Waals surface area contributed by atoms with E-state index >= 15 is 0 Å². The molecular weight excluding hydrogens is 781 g/mol. The summed E-state index contributed by atoms with van der Waals surface area (Å²) in [6, 6.07) is 10.9. The number of H-pyrrole nitrogens is 1. The monoisotopic (exact) mass is 844 g/mol. The highest BCUT2D eigenvalue weighted by Gasteiger charge is 2.35. The van der Waals surface area contributed by atoms with E-state index in [0.29, 0.717) is 19.4 Å². The minimum absolute atomic E-state index is 0.0324. The van der Waals surface area contributed by atoms with Crippen molar-refractivity contribution in [2.45, 2.75) is 123 Å². The molecule has 1 aromatic heterocycles. The number of benzene rings is 2. The number of fused-ring (bicyclic) bond motifs is 1. The van der Waals surface area contributed by atoms with Crippen LogP contribution in [0.25, 0.3) is 10.9 Å². The standard InChI is InChI=1S/C45H64N8O8/c1-7-28(6)39(45(61)52-34(20-26(2)3)40(56)48-25-38(54)55)53-44(60)35(21-27(4)5)49-43(59)37(23-30-24-47-32-17-12-11-16-31(30)32)51-42(58)36(22-29-14-9-8-10-15-29)50-41(57)33-18-13-19-46-33/h8-12,14-17,24,26-28,33-37,39,46-47H,7,13,18-23,25H2,1-6H3,(H,48,56)(H,49,59)(H,50,57)(H,51,58)(H,52,61)(H,53,60)(H,54,55)/t28-,33-,34-,35-,36-,37-,39-/m0/s1. The molecule has 3 aromatic rings. The molecule has 1 fully saturated rings. The lowest BCUT2D eigenvalue weighted by molar-refractivity contribution is -0.139. The van der Waals surface area contributed by atoms with Gasteiger partial charge < -0.3 is 47.3 Å². The lowest BCUT2D eigenvalue weighted by atomic mass is 9.95. The quantitative estimate of drug-likeness (QED) is 0.0681. The van der Waals surface area contributed by atoms with Gasteiger partial charge in [-0.3, -0.25) is 33.6 Å².